The molecule has 0 heterocycles. The minimum absolute atomic E-state index is 0.00834. The molecule has 0 saturated heterocycles. The van der Waals surface area contributed by atoms with Crippen molar-refractivity contribution in [1.82, 2.24) is 5.32 Å². The summed E-state index contributed by atoms with van der Waals surface area (Å²) in [4.78, 5) is 24.2. The van der Waals surface area contributed by atoms with Gasteiger partial charge in [0.15, 0.2) is 0 Å². The number of amides is 1. The van der Waals surface area contributed by atoms with E-state index in [1.54, 1.807) is 0 Å². The largest absolute Gasteiger partial charge is 0.481 e. The standard InChI is InChI=1S/C15H18BrNO3S/c1-10(21-12-5-3-11(16)4-6-12)14(20)17-15(7-2-8-15)9-13(18)19/h3-6,10H,2,7-9H2,1H3,(H,17,20)(H,18,19). The second kappa shape index (κ2) is 6.83. The molecule has 1 aromatic rings. The lowest BCUT2D eigenvalue weighted by molar-refractivity contribution is -0.140. The summed E-state index contributed by atoms with van der Waals surface area (Å²) in [6.07, 6.45) is 2.48. The smallest absolute Gasteiger partial charge is 0.305 e. The van der Waals surface area contributed by atoms with Gasteiger partial charge in [-0.25, -0.2) is 0 Å². The predicted octanol–water partition coefficient (Wildman–Crippen LogP) is 3.44. The maximum Gasteiger partial charge on any atom is 0.305 e. The number of carboxylic acid groups (broad SMARTS) is 1. The van der Waals surface area contributed by atoms with E-state index in [9.17, 15) is 9.59 Å². The first kappa shape index (κ1) is 16.4. The van der Waals surface area contributed by atoms with Gasteiger partial charge < -0.3 is 10.4 Å². The van der Waals surface area contributed by atoms with Crippen LogP contribution in [0.1, 0.15) is 32.6 Å². The number of hydrogen-bond acceptors (Lipinski definition) is 3. The molecular weight excluding hydrogens is 354 g/mol. The molecule has 0 aromatic heterocycles. The maximum atomic E-state index is 12.3. The van der Waals surface area contributed by atoms with Gasteiger partial charge in [0, 0.05) is 9.37 Å². The minimum Gasteiger partial charge on any atom is -0.481 e. The first-order chi connectivity index (χ1) is 9.90. The lowest BCUT2D eigenvalue weighted by atomic mass is 9.74. The van der Waals surface area contributed by atoms with E-state index in [4.69, 9.17) is 5.11 Å². The average Bonchev–Trinajstić information content (AvgIpc) is 2.38. The Kier molecular flexibility index (Phi) is 5.32. The molecule has 114 valence electrons. The van der Waals surface area contributed by atoms with E-state index >= 15 is 0 Å². The number of halogens is 1. The normalized spacial score (nSPS) is 17.6. The van der Waals surface area contributed by atoms with Crippen LogP contribution in [-0.4, -0.2) is 27.8 Å². The van der Waals surface area contributed by atoms with Gasteiger partial charge in [-0.3, -0.25) is 9.59 Å². The van der Waals surface area contributed by atoms with E-state index in [2.05, 4.69) is 21.2 Å². The maximum absolute atomic E-state index is 12.3. The van der Waals surface area contributed by atoms with Crippen LogP contribution >= 0.6 is 27.7 Å². The molecule has 1 unspecified atom stereocenters. The molecule has 6 heteroatoms. The topological polar surface area (TPSA) is 66.4 Å². The molecule has 1 aromatic carbocycles. The lowest BCUT2D eigenvalue weighted by Gasteiger charge is -2.42. The Morgan fingerprint density at radius 3 is 2.48 bits per heavy atom. The first-order valence-electron chi connectivity index (χ1n) is 6.86. The van der Waals surface area contributed by atoms with Crippen molar-refractivity contribution in [3.8, 4) is 0 Å². The summed E-state index contributed by atoms with van der Waals surface area (Å²) in [6, 6.07) is 7.78. The monoisotopic (exact) mass is 371 g/mol. The molecule has 4 nitrogen and oxygen atoms in total. The second-order valence-corrected chi connectivity index (χ2v) is 7.74. The van der Waals surface area contributed by atoms with Gasteiger partial charge in [0.25, 0.3) is 0 Å². The molecule has 1 atom stereocenters. The number of thioether (sulfide) groups is 1. The van der Waals surface area contributed by atoms with E-state index < -0.39 is 11.5 Å². The molecule has 1 aliphatic carbocycles. The minimum atomic E-state index is -0.858. The highest BCUT2D eigenvalue weighted by molar-refractivity contribution is 9.10. The molecule has 0 spiro atoms. The molecule has 2 rings (SSSR count). The van der Waals surface area contributed by atoms with Crippen LogP contribution in [0.2, 0.25) is 0 Å². The van der Waals surface area contributed by atoms with Crippen LogP contribution in [0.4, 0.5) is 0 Å². The highest BCUT2D eigenvalue weighted by Gasteiger charge is 2.41. The fourth-order valence-corrected chi connectivity index (χ4v) is 3.50. The third kappa shape index (κ3) is 4.48. The molecule has 1 saturated carbocycles. The number of rotatable bonds is 6. The Bertz CT molecular complexity index is 528. The fourth-order valence-electron chi connectivity index (χ4n) is 2.37. The Morgan fingerprint density at radius 2 is 2.00 bits per heavy atom. The molecule has 0 aliphatic heterocycles. The summed E-state index contributed by atoms with van der Waals surface area (Å²) in [6.45, 7) is 1.84. The summed E-state index contributed by atoms with van der Waals surface area (Å²) < 4.78 is 0.999. The number of aliphatic carboxylic acids is 1. The van der Waals surface area contributed by atoms with Crippen LogP contribution < -0.4 is 5.32 Å². The third-order valence-corrected chi connectivity index (χ3v) is 5.32. The van der Waals surface area contributed by atoms with Crippen LogP contribution in [0.25, 0.3) is 0 Å². The fraction of sp³-hybridized carbons (Fsp3) is 0.467. The van der Waals surface area contributed by atoms with Crippen molar-refractivity contribution >= 4 is 39.6 Å². The van der Waals surface area contributed by atoms with E-state index in [1.807, 2.05) is 31.2 Å². The van der Waals surface area contributed by atoms with E-state index in [0.29, 0.717) is 0 Å². The number of carbonyl (C=O) groups excluding carboxylic acids is 1. The molecule has 1 fully saturated rings. The van der Waals surface area contributed by atoms with Gasteiger partial charge in [0.2, 0.25) is 5.91 Å². The van der Waals surface area contributed by atoms with E-state index in [-0.39, 0.29) is 17.6 Å². The van der Waals surface area contributed by atoms with Gasteiger partial charge in [0.05, 0.1) is 17.2 Å². The van der Waals surface area contributed by atoms with Crippen LogP contribution in [0.3, 0.4) is 0 Å². The van der Waals surface area contributed by atoms with Crippen LogP contribution in [0, 0.1) is 0 Å². The third-order valence-electron chi connectivity index (χ3n) is 3.68. The number of benzene rings is 1. The van der Waals surface area contributed by atoms with Gasteiger partial charge in [-0.2, -0.15) is 0 Å². The van der Waals surface area contributed by atoms with E-state index in [0.717, 1.165) is 28.6 Å². The van der Waals surface area contributed by atoms with Crippen molar-refractivity contribution in [2.75, 3.05) is 0 Å². The number of hydrogen-bond donors (Lipinski definition) is 2. The summed E-state index contributed by atoms with van der Waals surface area (Å²) in [7, 11) is 0. The van der Waals surface area contributed by atoms with Gasteiger partial charge in [0.1, 0.15) is 0 Å². The van der Waals surface area contributed by atoms with Crippen molar-refractivity contribution in [1.29, 1.82) is 0 Å². The second-order valence-electron chi connectivity index (χ2n) is 5.41. The van der Waals surface area contributed by atoms with Gasteiger partial charge >= 0.3 is 5.97 Å². The zero-order chi connectivity index (χ0) is 15.5. The van der Waals surface area contributed by atoms with Crippen LogP contribution in [0.5, 0.6) is 0 Å². The van der Waals surface area contributed by atoms with Crippen LogP contribution in [-0.2, 0) is 9.59 Å². The zero-order valence-electron chi connectivity index (χ0n) is 11.8. The summed E-state index contributed by atoms with van der Waals surface area (Å²) in [5.41, 5.74) is -0.530. The Hall–Kier alpha value is -1.01. The van der Waals surface area contributed by atoms with Crippen LogP contribution in [0.15, 0.2) is 33.6 Å². The van der Waals surface area contributed by atoms with Crippen molar-refractivity contribution in [3.63, 3.8) is 0 Å². The molecule has 2 N–H and O–H groups in total. The summed E-state index contributed by atoms with van der Waals surface area (Å²) >= 11 is 4.85. The van der Waals surface area contributed by atoms with Gasteiger partial charge in [-0.1, -0.05) is 15.9 Å². The Morgan fingerprint density at radius 1 is 1.38 bits per heavy atom. The summed E-state index contributed by atoms with van der Waals surface area (Å²) in [5.74, 6) is -0.952. The van der Waals surface area contributed by atoms with Crippen molar-refractivity contribution in [2.45, 2.75) is 48.3 Å². The number of carboxylic acids is 1. The number of nitrogens with one attached hydrogen (secondary N) is 1. The first-order valence-corrected chi connectivity index (χ1v) is 8.53. The van der Waals surface area contributed by atoms with Crippen molar-refractivity contribution < 1.29 is 14.7 Å². The van der Waals surface area contributed by atoms with Gasteiger partial charge in [-0.05, 0) is 50.5 Å². The van der Waals surface area contributed by atoms with Gasteiger partial charge in [-0.15, -0.1) is 11.8 Å². The highest BCUT2D eigenvalue weighted by Crippen LogP contribution is 2.35. The van der Waals surface area contributed by atoms with Crippen molar-refractivity contribution in [2.24, 2.45) is 0 Å². The molecule has 0 bridgehead atoms. The molecule has 0 radical (unpaired) electrons. The predicted molar refractivity (Wildman–Crippen MR) is 86.4 cm³/mol. The lowest BCUT2D eigenvalue weighted by Crippen LogP contribution is -2.56. The quantitative estimate of drug-likeness (QED) is 0.751. The summed E-state index contributed by atoms with van der Waals surface area (Å²) in [5, 5.41) is 11.7. The van der Waals surface area contributed by atoms with E-state index in [1.165, 1.54) is 11.8 Å². The molecule has 1 amide bonds. The Labute approximate surface area is 136 Å². The zero-order valence-corrected chi connectivity index (χ0v) is 14.2. The Balaban J connectivity index is 1.92. The molecule has 21 heavy (non-hydrogen) atoms. The average molecular weight is 372 g/mol. The SMILES string of the molecule is CC(Sc1ccc(Br)cc1)C(=O)NC1(CC(=O)O)CCC1. The van der Waals surface area contributed by atoms with Crippen molar-refractivity contribution in [3.05, 3.63) is 28.7 Å². The molecular formula is C15H18BrNO3S. The highest BCUT2D eigenvalue weighted by atomic mass is 79.9. The molecule has 1 aliphatic rings. The number of carbonyl (C=O) groups is 2.